The van der Waals surface area contributed by atoms with Gasteiger partial charge in [-0.3, -0.25) is 4.79 Å². The second kappa shape index (κ2) is 5.22. The number of nitrogens with zero attached hydrogens (tertiary/aromatic N) is 4. The minimum Gasteiger partial charge on any atom is -0.345 e. The number of aromatic nitrogens is 3. The van der Waals surface area contributed by atoms with Crippen LogP contribution in [0, 0.1) is 20.8 Å². The molecule has 2 aliphatic rings. The first-order valence-electron chi connectivity index (χ1n) is 8.36. The lowest BCUT2D eigenvalue weighted by Crippen LogP contribution is -2.31. The molecule has 3 heterocycles. The van der Waals surface area contributed by atoms with Crippen molar-refractivity contribution in [3.63, 3.8) is 0 Å². The predicted molar refractivity (Wildman–Crippen MR) is 84.2 cm³/mol. The fraction of sp³-hybridized carbons (Fsp3) is 0.588. The Morgan fingerprint density at radius 2 is 2.04 bits per heavy atom. The molecule has 1 saturated carbocycles. The zero-order valence-corrected chi connectivity index (χ0v) is 13.9. The number of carbonyl (C=O) groups is 1. The van der Waals surface area contributed by atoms with E-state index in [4.69, 9.17) is 4.52 Å². The summed E-state index contributed by atoms with van der Waals surface area (Å²) in [5.74, 6) is 1.27. The molecule has 4 rings (SSSR count). The number of carbonyl (C=O) groups excluding carboxylic acids is 1. The van der Waals surface area contributed by atoms with Crippen molar-refractivity contribution in [3.8, 4) is 0 Å². The average molecular weight is 314 g/mol. The van der Waals surface area contributed by atoms with Crippen molar-refractivity contribution < 1.29 is 9.32 Å². The van der Waals surface area contributed by atoms with E-state index in [2.05, 4.69) is 28.6 Å². The van der Waals surface area contributed by atoms with Gasteiger partial charge in [0, 0.05) is 30.9 Å². The van der Waals surface area contributed by atoms with E-state index in [0.717, 1.165) is 30.6 Å². The van der Waals surface area contributed by atoms with E-state index in [-0.39, 0.29) is 11.9 Å². The number of likely N-dealkylation sites (tertiary alicyclic amines) is 1. The van der Waals surface area contributed by atoms with Gasteiger partial charge >= 0.3 is 0 Å². The molecule has 0 N–H and O–H groups in total. The molecule has 1 aliphatic carbocycles. The highest BCUT2D eigenvalue weighted by Crippen LogP contribution is 2.39. The molecule has 0 aromatic carbocycles. The molecule has 1 amide bonds. The number of rotatable bonds is 3. The van der Waals surface area contributed by atoms with Crippen LogP contribution in [0.3, 0.4) is 0 Å². The average Bonchev–Trinajstić information content (AvgIpc) is 2.96. The van der Waals surface area contributed by atoms with Crippen LogP contribution in [0.15, 0.2) is 10.6 Å². The van der Waals surface area contributed by atoms with Crippen molar-refractivity contribution in [1.29, 1.82) is 0 Å². The summed E-state index contributed by atoms with van der Waals surface area (Å²) in [7, 11) is 0. The van der Waals surface area contributed by atoms with Gasteiger partial charge in [0.2, 0.25) is 5.89 Å². The maximum atomic E-state index is 13.1. The summed E-state index contributed by atoms with van der Waals surface area (Å²) in [6.45, 7) is 6.68. The quantitative estimate of drug-likeness (QED) is 0.873. The number of aryl methyl sites for hydroxylation is 2. The highest BCUT2D eigenvalue weighted by molar-refractivity contribution is 5.96. The monoisotopic (exact) mass is 314 g/mol. The van der Waals surface area contributed by atoms with E-state index in [1.165, 1.54) is 18.5 Å². The number of amides is 1. The Morgan fingerprint density at radius 1 is 1.26 bits per heavy atom. The van der Waals surface area contributed by atoms with E-state index in [9.17, 15) is 4.79 Å². The molecule has 6 nitrogen and oxygen atoms in total. The van der Waals surface area contributed by atoms with Gasteiger partial charge in [-0.15, -0.1) is 0 Å². The van der Waals surface area contributed by atoms with Crippen molar-refractivity contribution >= 4 is 5.91 Å². The second-order valence-corrected chi connectivity index (χ2v) is 6.71. The molecule has 2 aromatic heterocycles. The van der Waals surface area contributed by atoms with Gasteiger partial charge in [0.1, 0.15) is 0 Å². The molecule has 0 radical (unpaired) electrons. The van der Waals surface area contributed by atoms with E-state index >= 15 is 0 Å². The summed E-state index contributed by atoms with van der Waals surface area (Å²) in [5.41, 5.74) is 3.09. The molecule has 0 bridgehead atoms. The largest absolute Gasteiger partial charge is 0.345 e. The SMILES string of the molecule is Cc1nc([C@@H]2CCCN2C(=O)c2cc(C)n(C3CC3)c2C)no1. The Balaban J connectivity index is 1.64. The first-order valence-corrected chi connectivity index (χ1v) is 8.36. The zero-order valence-electron chi connectivity index (χ0n) is 13.9. The predicted octanol–water partition coefficient (Wildman–Crippen LogP) is 3.11. The summed E-state index contributed by atoms with van der Waals surface area (Å²) in [5, 5.41) is 4.02. The number of hydrogen-bond donors (Lipinski definition) is 0. The van der Waals surface area contributed by atoms with Crippen molar-refractivity contribution in [2.45, 2.75) is 58.5 Å². The van der Waals surface area contributed by atoms with Crippen LogP contribution in [0.2, 0.25) is 0 Å². The number of hydrogen-bond acceptors (Lipinski definition) is 4. The minimum absolute atomic E-state index is 0.0658. The first kappa shape index (κ1) is 14.5. The molecule has 1 saturated heterocycles. The Bertz CT molecular complexity index is 757. The van der Waals surface area contributed by atoms with Crippen LogP contribution in [0.1, 0.15) is 71.2 Å². The summed E-state index contributed by atoms with van der Waals surface area (Å²) in [4.78, 5) is 19.3. The van der Waals surface area contributed by atoms with Crippen LogP contribution < -0.4 is 0 Å². The first-order chi connectivity index (χ1) is 11.1. The molecular weight excluding hydrogens is 292 g/mol. The third-order valence-electron chi connectivity index (χ3n) is 4.98. The van der Waals surface area contributed by atoms with Crippen LogP contribution in [-0.4, -0.2) is 32.1 Å². The van der Waals surface area contributed by atoms with E-state index < -0.39 is 0 Å². The fourth-order valence-corrected chi connectivity index (χ4v) is 3.77. The van der Waals surface area contributed by atoms with Gasteiger partial charge in [-0.05, 0) is 45.6 Å². The summed E-state index contributed by atoms with van der Waals surface area (Å²) >= 11 is 0. The van der Waals surface area contributed by atoms with Gasteiger partial charge in [0.25, 0.3) is 5.91 Å². The molecule has 0 spiro atoms. The van der Waals surface area contributed by atoms with Crippen molar-refractivity contribution in [1.82, 2.24) is 19.6 Å². The molecule has 2 fully saturated rings. The van der Waals surface area contributed by atoms with Gasteiger partial charge in [0.05, 0.1) is 11.6 Å². The third-order valence-corrected chi connectivity index (χ3v) is 4.98. The Kier molecular flexibility index (Phi) is 3.28. The second-order valence-electron chi connectivity index (χ2n) is 6.71. The zero-order chi connectivity index (χ0) is 16.1. The molecule has 23 heavy (non-hydrogen) atoms. The van der Waals surface area contributed by atoms with Crippen LogP contribution in [-0.2, 0) is 0 Å². The summed E-state index contributed by atoms with van der Waals surface area (Å²) in [6.07, 6.45) is 4.31. The molecule has 1 atom stereocenters. The van der Waals surface area contributed by atoms with Crippen LogP contribution in [0.4, 0.5) is 0 Å². The maximum Gasteiger partial charge on any atom is 0.256 e. The Labute approximate surface area is 135 Å². The van der Waals surface area contributed by atoms with Crippen LogP contribution in [0.25, 0.3) is 0 Å². The Morgan fingerprint density at radius 3 is 2.70 bits per heavy atom. The highest BCUT2D eigenvalue weighted by Gasteiger charge is 2.36. The summed E-state index contributed by atoms with van der Waals surface area (Å²) in [6, 6.07) is 2.56. The van der Waals surface area contributed by atoms with Crippen LogP contribution >= 0.6 is 0 Å². The maximum absolute atomic E-state index is 13.1. The minimum atomic E-state index is -0.0658. The molecule has 0 unspecified atom stereocenters. The normalized spacial score (nSPS) is 21.2. The van der Waals surface area contributed by atoms with E-state index in [1.807, 2.05) is 11.0 Å². The lowest BCUT2D eigenvalue weighted by molar-refractivity contribution is 0.0727. The fourth-order valence-electron chi connectivity index (χ4n) is 3.77. The molecule has 2 aromatic rings. The highest BCUT2D eigenvalue weighted by atomic mass is 16.5. The van der Waals surface area contributed by atoms with Crippen molar-refractivity contribution in [2.24, 2.45) is 0 Å². The standard InChI is InChI=1S/C17H22N4O2/c1-10-9-14(11(2)21(10)13-6-7-13)17(22)20-8-4-5-15(20)16-18-12(3)23-19-16/h9,13,15H,4-8H2,1-3H3/t15-/m0/s1. The van der Waals surface area contributed by atoms with Gasteiger partial charge in [-0.2, -0.15) is 4.98 Å². The van der Waals surface area contributed by atoms with Gasteiger partial charge in [-0.25, -0.2) is 0 Å². The molecular formula is C17H22N4O2. The topological polar surface area (TPSA) is 64.2 Å². The molecule has 122 valence electrons. The van der Waals surface area contributed by atoms with E-state index in [1.54, 1.807) is 6.92 Å². The van der Waals surface area contributed by atoms with E-state index in [0.29, 0.717) is 17.8 Å². The summed E-state index contributed by atoms with van der Waals surface area (Å²) < 4.78 is 7.41. The van der Waals surface area contributed by atoms with Crippen molar-refractivity contribution in [3.05, 3.63) is 34.7 Å². The third kappa shape index (κ3) is 2.36. The lowest BCUT2D eigenvalue weighted by Gasteiger charge is -2.22. The Hall–Kier alpha value is -2.11. The lowest BCUT2D eigenvalue weighted by atomic mass is 10.1. The van der Waals surface area contributed by atoms with Gasteiger partial charge in [-0.1, -0.05) is 5.16 Å². The van der Waals surface area contributed by atoms with Crippen LogP contribution in [0.5, 0.6) is 0 Å². The van der Waals surface area contributed by atoms with Gasteiger partial charge in [0.15, 0.2) is 5.82 Å². The van der Waals surface area contributed by atoms with Gasteiger partial charge < -0.3 is 14.0 Å². The van der Waals surface area contributed by atoms with Crippen molar-refractivity contribution in [2.75, 3.05) is 6.54 Å². The molecule has 6 heteroatoms. The molecule has 1 aliphatic heterocycles. The smallest absolute Gasteiger partial charge is 0.256 e.